The summed E-state index contributed by atoms with van der Waals surface area (Å²) in [6.07, 6.45) is 0.0471. The average Bonchev–Trinajstić information content (AvgIpc) is 3.05. The topological polar surface area (TPSA) is 75.7 Å². The molecule has 8 heteroatoms. The zero-order valence-electron chi connectivity index (χ0n) is 15.6. The standard InChI is InChI=1S/C20H21IN2O4S/c1-3-27-20(24)22-18-7-5-4-6-16(18)19-17(21)12-13-23(19)28(25,26)15-10-8-14(2)9-11-15/h4-11H,3,12-13H2,1-2H3,(H,22,24). The Hall–Kier alpha value is -2.07. The molecule has 0 spiro atoms. The smallest absolute Gasteiger partial charge is 0.411 e. The summed E-state index contributed by atoms with van der Waals surface area (Å²) in [6, 6.07) is 14.0. The second-order valence-electron chi connectivity index (χ2n) is 6.28. The summed E-state index contributed by atoms with van der Waals surface area (Å²) in [5.41, 5.74) is 2.74. The fraction of sp³-hybridized carbons (Fsp3) is 0.250. The summed E-state index contributed by atoms with van der Waals surface area (Å²) in [5.74, 6) is 0. The Morgan fingerprint density at radius 3 is 2.54 bits per heavy atom. The predicted octanol–water partition coefficient (Wildman–Crippen LogP) is 4.76. The Morgan fingerprint density at radius 1 is 1.18 bits per heavy atom. The molecule has 148 valence electrons. The lowest BCUT2D eigenvalue weighted by Gasteiger charge is -2.24. The zero-order chi connectivity index (χ0) is 20.3. The highest BCUT2D eigenvalue weighted by atomic mass is 127. The van der Waals surface area contributed by atoms with E-state index in [0.29, 0.717) is 29.9 Å². The van der Waals surface area contributed by atoms with Crippen LogP contribution in [0.2, 0.25) is 0 Å². The second kappa shape index (κ2) is 8.52. The van der Waals surface area contributed by atoms with Crippen molar-refractivity contribution in [3.05, 3.63) is 63.2 Å². The van der Waals surface area contributed by atoms with E-state index in [2.05, 4.69) is 27.9 Å². The van der Waals surface area contributed by atoms with Gasteiger partial charge in [0.25, 0.3) is 10.0 Å². The van der Waals surface area contributed by atoms with Crippen molar-refractivity contribution in [2.24, 2.45) is 0 Å². The van der Waals surface area contributed by atoms with Crippen LogP contribution in [0.5, 0.6) is 0 Å². The maximum absolute atomic E-state index is 13.3. The Labute approximate surface area is 178 Å². The molecule has 0 bridgehead atoms. The van der Waals surface area contributed by atoms with Crippen LogP contribution in [-0.2, 0) is 14.8 Å². The molecule has 0 atom stereocenters. The first-order chi connectivity index (χ1) is 13.3. The molecule has 28 heavy (non-hydrogen) atoms. The quantitative estimate of drug-likeness (QED) is 0.587. The molecule has 0 aliphatic carbocycles. The van der Waals surface area contributed by atoms with E-state index >= 15 is 0 Å². The Balaban J connectivity index is 2.02. The number of ether oxygens (including phenoxy) is 1. The van der Waals surface area contributed by atoms with Gasteiger partial charge in [0, 0.05) is 15.7 Å². The molecule has 2 aromatic rings. The van der Waals surface area contributed by atoms with Gasteiger partial charge in [0.05, 0.1) is 22.9 Å². The minimum atomic E-state index is -3.71. The van der Waals surface area contributed by atoms with Crippen LogP contribution in [0.4, 0.5) is 10.5 Å². The molecule has 0 saturated heterocycles. The minimum absolute atomic E-state index is 0.248. The first-order valence-electron chi connectivity index (χ1n) is 8.86. The number of anilines is 1. The number of aryl methyl sites for hydroxylation is 1. The third kappa shape index (κ3) is 4.17. The molecule has 1 aliphatic rings. The van der Waals surface area contributed by atoms with Crippen LogP contribution in [0.1, 0.15) is 24.5 Å². The van der Waals surface area contributed by atoms with Gasteiger partial charge in [0.1, 0.15) is 0 Å². The minimum Gasteiger partial charge on any atom is -0.450 e. The first kappa shape index (κ1) is 20.7. The Kier molecular flexibility index (Phi) is 6.29. The van der Waals surface area contributed by atoms with E-state index in [4.69, 9.17) is 4.74 Å². The van der Waals surface area contributed by atoms with Gasteiger partial charge in [-0.1, -0.05) is 35.9 Å². The molecule has 0 unspecified atom stereocenters. The average molecular weight is 512 g/mol. The van der Waals surface area contributed by atoms with E-state index in [1.807, 2.05) is 13.0 Å². The number of benzene rings is 2. The first-order valence-corrected chi connectivity index (χ1v) is 11.4. The maximum Gasteiger partial charge on any atom is 0.411 e. The van der Waals surface area contributed by atoms with E-state index in [1.54, 1.807) is 49.4 Å². The number of para-hydroxylation sites is 1. The van der Waals surface area contributed by atoms with Crippen molar-refractivity contribution in [1.82, 2.24) is 4.31 Å². The van der Waals surface area contributed by atoms with Gasteiger partial charge in [-0.2, -0.15) is 0 Å². The molecule has 1 N–H and O–H groups in total. The van der Waals surface area contributed by atoms with Crippen molar-refractivity contribution in [2.75, 3.05) is 18.5 Å². The predicted molar refractivity (Wildman–Crippen MR) is 118 cm³/mol. The largest absolute Gasteiger partial charge is 0.450 e. The van der Waals surface area contributed by atoms with Crippen LogP contribution in [0, 0.1) is 6.92 Å². The number of rotatable bonds is 5. The lowest BCUT2D eigenvalue weighted by atomic mass is 10.1. The van der Waals surface area contributed by atoms with Crippen molar-refractivity contribution >= 4 is 50.1 Å². The summed E-state index contributed by atoms with van der Waals surface area (Å²) < 4.78 is 33.9. The van der Waals surface area contributed by atoms with Gasteiger partial charge in [0.15, 0.2) is 0 Å². The Morgan fingerprint density at radius 2 is 1.86 bits per heavy atom. The van der Waals surface area contributed by atoms with Gasteiger partial charge in [0.2, 0.25) is 0 Å². The molecule has 1 amide bonds. The van der Waals surface area contributed by atoms with Crippen LogP contribution >= 0.6 is 22.6 Å². The number of amides is 1. The number of halogens is 1. The molecule has 0 saturated carbocycles. The molecule has 3 rings (SSSR count). The van der Waals surface area contributed by atoms with Crippen molar-refractivity contribution in [2.45, 2.75) is 25.2 Å². The van der Waals surface area contributed by atoms with E-state index in [9.17, 15) is 13.2 Å². The third-order valence-electron chi connectivity index (χ3n) is 4.34. The van der Waals surface area contributed by atoms with E-state index in [-0.39, 0.29) is 11.5 Å². The van der Waals surface area contributed by atoms with Gasteiger partial charge >= 0.3 is 6.09 Å². The number of carbonyl (C=O) groups is 1. The molecule has 0 aromatic heterocycles. The van der Waals surface area contributed by atoms with Crippen molar-refractivity contribution in [1.29, 1.82) is 0 Å². The highest BCUT2D eigenvalue weighted by molar-refractivity contribution is 14.1. The van der Waals surface area contributed by atoms with Crippen molar-refractivity contribution in [3.63, 3.8) is 0 Å². The summed E-state index contributed by atoms with van der Waals surface area (Å²) in [7, 11) is -3.71. The summed E-state index contributed by atoms with van der Waals surface area (Å²) in [4.78, 5) is 12.2. The molecule has 0 radical (unpaired) electrons. The highest BCUT2D eigenvalue weighted by Gasteiger charge is 2.34. The third-order valence-corrected chi connectivity index (χ3v) is 7.21. The molecular formula is C20H21IN2O4S. The molecule has 6 nitrogen and oxygen atoms in total. The number of hydrogen-bond acceptors (Lipinski definition) is 4. The van der Waals surface area contributed by atoms with Gasteiger partial charge in [-0.25, -0.2) is 13.2 Å². The number of nitrogens with zero attached hydrogens (tertiary/aromatic N) is 1. The van der Waals surface area contributed by atoms with Gasteiger partial charge < -0.3 is 4.74 Å². The van der Waals surface area contributed by atoms with Crippen molar-refractivity contribution < 1.29 is 17.9 Å². The number of carbonyl (C=O) groups excluding carboxylic acids is 1. The molecule has 1 aliphatic heterocycles. The highest BCUT2D eigenvalue weighted by Crippen LogP contribution is 2.41. The van der Waals surface area contributed by atoms with Crippen LogP contribution in [-0.4, -0.2) is 32.0 Å². The number of nitrogens with one attached hydrogen (secondary N) is 1. The van der Waals surface area contributed by atoms with Gasteiger partial charge in [-0.3, -0.25) is 9.62 Å². The summed E-state index contributed by atoms with van der Waals surface area (Å²) >= 11 is 2.17. The second-order valence-corrected chi connectivity index (χ2v) is 9.45. The fourth-order valence-electron chi connectivity index (χ4n) is 3.00. The van der Waals surface area contributed by atoms with Crippen LogP contribution in [0.25, 0.3) is 5.70 Å². The number of sulfonamides is 1. The SMILES string of the molecule is CCOC(=O)Nc1ccccc1C1=C(I)CCN1S(=O)(=O)c1ccc(C)cc1. The van der Waals surface area contributed by atoms with Crippen molar-refractivity contribution in [3.8, 4) is 0 Å². The summed E-state index contributed by atoms with van der Waals surface area (Å²) in [6.45, 7) is 4.25. The lowest BCUT2D eigenvalue weighted by molar-refractivity contribution is 0.168. The molecular weight excluding hydrogens is 491 g/mol. The van der Waals surface area contributed by atoms with Crippen LogP contribution in [0.3, 0.4) is 0 Å². The maximum atomic E-state index is 13.3. The van der Waals surface area contributed by atoms with Gasteiger partial charge in [-0.05, 0) is 61.1 Å². The van der Waals surface area contributed by atoms with Crippen LogP contribution in [0.15, 0.2) is 57.0 Å². The molecule has 1 heterocycles. The van der Waals surface area contributed by atoms with Gasteiger partial charge in [-0.15, -0.1) is 0 Å². The monoisotopic (exact) mass is 512 g/mol. The van der Waals surface area contributed by atoms with E-state index < -0.39 is 16.1 Å². The summed E-state index contributed by atoms with van der Waals surface area (Å²) in [5, 5.41) is 2.71. The van der Waals surface area contributed by atoms with Crippen LogP contribution < -0.4 is 5.32 Å². The number of hydrogen-bond donors (Lipinski definition) is 1. The normalized spacial score (nSPS) is 14.3. The Bertz CT molecular complexity index is 1020. The molecule has 0 fully saturated rings. The fourth-order valence-corrected chi connectivity index (χ4v) is 5.50. The zero-order valence-corrected chi connectivity index (χ0v) is 18.6. The van der Waals surface area contributed by atoms with E-state index in [0.717, 1.165) is 9.14 Å². The van der Waals surface area contributed by atoms with E-state index in [1.165, 1.54) is 4.31 Å². The molecule has 2 aromatic carbocycles. The lowest BCUT2D eigenvalue weighted by Crippen LogP contribution is -2.28.